The van der Waals surface area contributed by atoms with E-state index in [4.69, 9.17) is 10.1 Å². The second-order valence-electron chi connectivity index (χ2n) is 5.68. The van der Waals surface area contributed by atoms with Crippen LogP contribution in [-0.4, -0.2) is 36.5 Å². The largest absolute Gasteiger partial charge is 0.376 e. The third-order valence-electron chi connectivity index (χ3n) is 2.96. The Hall–Kier alpha value is -0.570. The molecule has 0 aliphatic carbocycles. The van der Waals surface area contributed by atoms with Crippen LogP contribution in [0.1, 0.15) is 47.0 Å². The van der Waals surface area contributed by atoms with Gasteiger partial charge in [0.25, 0.3) is 0 Å². The van der Waals surface area contributed by atoms with Crippen molar-refractivity contribution in [2.24, 2.45) is 5.41 Å². The third kappa shape index (κ3) is 3.78. The number of piperidine rings is 1. The highest BCUT2D eigenvalue weighted by atomic mass is 16.5. The van der Waals surface area contributed by atoms with Gasteiger partial charge in [-0.2, -0.15) is 0 Å². The van der Waals surface area contributed by atoms with Gasteiger partial charge in [-0.3, -0.25) is 5.41 Å². The molecule has 0 aromatic heterocycles. The number of rotatable bonds is 3. The fourth-order valence-corrected chi connectivity index (χ4v) is 2.04. The highest BCUT2D eigenvalue weighted by molar-refractivity contribution is 5.84. The van der Waals surface area contributed by atoms with E-state index >= 15 is 0 Å². The zero-order valence-corrected chi connectivity index (χ0v) is 11.2. The van der Waals surface area contributed by atoms with Gasteiger partial charge in [-0.25, -0.2) is 0 Å². The summed E-state index contributed by atoms with van der Waals surface area (Å²) in [4.78, 5) is 2.18. The smallest absolute Gasteiger partial charge is 0.101 e. The van der Waals surface area contributed by atoms with Crippen molar-refractivity contribution >= 4 is 5.84 Å². The van der Waals surface area contributed by atoms with E-state index in [1.54, 1.807) is 0 Å². The normalized spacial score (nSPS) is 22.2. The molecule has 0 radical (unpaired) electrons. The van der Waals surface area contributed by atoms with Gasteiger partial charge >= 0.3 is 0 Å². The first-order valence-corrected chi connectivity index (χ1v) is 6.40. The summed E-state index contributed by atoms with van der Waals surface area (Å²) in [6.07, 6.45) is 3.70. The maximum absolute atomic E-state index is 8.17. The molecule has 1 heterocycles. The van der Waals surface area contributed by atoms with Gasteiger partial charge in [0.05, 0.1) is 6.10 Å². The van der Waals surface area contributed by atoms with Crippen molar-refractivity contribution < 1.29 is 4.74 Å². The highest BCUT2D eigenvalue weighted by Crippen LogP contribution is 2.22. The molecule has 1 fully saturated rings. The van der Waals surface area contributed by atoms with E-state index in [0.29, 0.717) is 6.10 Å². The molecule has 94 valence electrons. The SMILES string of the molecule is CCCOC1CCCN(C(=N)C(C)(C)C)C1. The molecule has 0 spiro atoms. The number of amidine groups is 1. The Balaban J connectivity index is 2.47. The maximum Gasteiger partial charge on any atom is 0.101 e. The number of hydrogen-bond acceptors (Lipinski definition) is 2. The summed E-state index contributed by atoms with van der Waals surface area (Å²) >= 11 is 0. The summed E-state index contributed by atoms with van der Waals surface area (Å²) in [6.45, 7) is 11.2. The topological polar surface area (TPSA) is 36.3 Å². The Morgan fingerprint density at radius 2 is 2.12 bits per heavy atom. The lowest BCUT2D eigenvalue weighted by atomic mass is 9.92. The van der Waals surface area contributed by atoms with Gasteiger partial charge in [0.2, 0.25) is 0 Å². The van der Waals surface area contributed by atoms with Crippen molar-refractivity contribution in [1.29, 1.82) is 5.41 Å². The molecule has 0 aromatic carbocycles. The molecule has 16 heavy (non-hydrogen) atoms. The Morgan fingerprint density at radius 3 is 2.69 bits per heavy atom. The molecule has 1 rings (SSSR count). The molecule has 3 heteroatoms. The van der Waals surface area contributed by atoms with E-state index < -0.39 is 0 Å². The van der Waals surface area contributed by atoms with Crippen LogP contribution < -0.4 is 0 Å². The van der Waals surface area contributed by atoms with Gasteiger partial charge in [-0.05, 0) is 19.3 Å². The Kier molecular flexibility index (Phi) is 4.78. The second kappa shape index (κ2) is 5.67. The first-order valence-electron chi connectivity index (χ1n) is 6.40. The quantitative estimate of drug-likeness (QED) is 0.593. The van der Waals surface area contributed by atoms with Gasteiger partial charge in [0.1, 0.15) is 5.84 Å². The first-order chi connectivity index (χ1) is 7.45. The minimum atomic E-state index is -0.0490. The predicted molar refractivity (Wildman–Crippen MR) is 68.0 cm³/mol. The Labute approximate surface area is 99.7 Å². The van der Waals surface area contributed by atoms with Crippen molar-refractivity contribution in [2.45, 2.75) is 53.1 Å². The molecule has 1 atom stereocenters. The van der Waals surface area contributed by atoms with Crippen LogP contribution in [0.15, 0.2) is 0 Å². The zero-order valence-electron chi connectivity index (χ0n) is 11.2. The molecule has 1 saturated heterocycles. The summed E-state index contributed by atoms with van der Waals surface area (Å²) in [5.74, 6) is 0.747. The summed E-state index contributed by atoms with van der Waals surface area (Å²) in [5, 5.41) is 8.17. The molecule has 0 amide bonds. The van der Waals surface area contributed by atoms with E-state index in [1.807, 2.05) is 0 Å². The molecule has 1 N–H and O–H groups in total. The highest BCUT2D eigenvalue weighted by Gasteiger charge is 2.28. The lowest BCUT2D eigenvalue weighted by molar-refractivity contribution is 0.0147. The fourth-order valence-electron chi connectivity index (χ4n) is 2.04. The van der Waals surface area contributed by atoms with E-state index in [-0.39, 0.29) is 5.41 Å². The van der Waals surface area contributed by atoms with Crippen molar-refractivity contribution in [1.82, 2.24) is 4.90 Å². The lowest BCUT2D eigenvalue weighted by Crippen LogP contribution is -2.47. The van der Waals surface area contributed by atoms with Crippen molar-refractivity contribution in [3.63, 3.8) is 0 Å². The average Bonchev–Trinajstić information content (AvgIpc) is 2.24. The van der Waals surface area contributed by atoms with Gasteiger partial charge in [-0.15, -0.1) is 0 Å². The lowest BCUT2D eigenvalue weighted by Gasteiger charge is -2.38. The van der Waals surface area contributed by atoms with Crippen LogP contribution in [0, 0.1) is 10.8 Å². The van der Waals surface area contributed by atoms with Gasteiger partial charge < -0.3 is 9.64 Å². The van der Waals surface area contributed by atoms with E-state index in [9.17, 15) is 0 Å². The van der Waals surface area contributed by atoms with Crippen LogP contribution in [-0.2, 0) is 4.74 Å². The monoisotopic (exact) mass is 226 g/mol. The van der Waals surface area contributed by atoms with Crippen LogP contribution in [0.5, 0.6) is 0 Å². The predicted octanol–water partition coefficient (Wildman–Crippen LogP) is 2.90. The molecule has 3 nitrogen and oxygen atoms in total. The van der Waals surface area contributed by atoms with Crippen molar-refractivity contribution in [3.8, 4) is 0 Å². The van der Waals surface area contributed by atoms with E-state index in [1.165, 1.54) is 0 Å². The maximum atomic E-state index is 8.17. The van der Waals surface area contributed by atoms with Gasteiger partial charge in [-0.1, -0.05) is 27.7 Å². The molecular formula is C13H26N2O. The van der Waals surface area contributed by atoms with Crippen LogP contribution in [0.3, 0.4) is 0 Å². The van der Waals surface area contributed by atoms with Crippen LogP contribution in [0.25, 0.3) is 0 Å². The molecule has 0 aromatic rings. The summed E-state index contributed by atoms with van der Waals surface area (Å²) in [6, 6.07) is 0. The Bertz CT molecular complexity index is 233. The molecule has 1 unspecified atom stereocenters. The molecule has 0 bridgehead atoms. The van der Waals surface area contributed by atoms with Crippen LogP contribution >= 0.6 is 0 Å². The minimum Gasteiger partial charge on any atom is -0.376 e. The Morgan fingerprint density at radius 1 is 1.44 bits per heavy atom. The second-order valence-corrected chi connectivity index (χ2v) is 5.68. The molecular weight excluding hydrogens is 200 g/mol. The van der Waals surface area contributed by atoms with E-state index in [2.05, 4.69) is 32.6 Å². The standard InChI is InChI=1S/C13H26N2O/c1-5-9-16-11-7-6-8-15(10-11)12(14)13(2,3)4/h11,14H,5-10H2,1-4H3. The summed E-state index contributed by atoms with van der Waals surface area (Å²) < 4.78 is 5.79. The average molecular weight is 226 g/mol. The number of nitrogens with zero attached hydrogens (tertiary/aromatic N) is 1. The van der Waals surface area contributed by atoms with Crippen molar-refractivity contribution in [3.05, 3.63) is 0 Å². The molecule has 1 aliphatic rings. The van der Waals surface area contributed by atoms with Crippen molar-refractivity contribution in [2.75, 3.05) is 19.7 Å². The van der Waals surface area contributed by atoms with Gasteiger partial charge in [0.15, 0.2) is 0 Å². The fraction of sp³-hybridized carbons (Fsp3) is 0.923. The first kappa shape index (κ1) is 13.5. The number of ether oxygens (including phenoxy) is 1. The number of likely N-dealkylation sites (tertiary alicyclic amines) is 1. The van der Waals surface area contributed by atoms with Gasteiger partial charge in [0, 0.05) is 25.1 Å². The molecule has 1 aliphatic heterocycles. The van der Waals surface area contributed by atoms with Crippen LogP contribution in [0.4, 0.5) is 0 Å². The zero-order chi connectivity index (χ0) is 12.2. The number of nitrogens with one attached hydrogen (secondary N) is 1. The van der Waals surface area contributed by atoms with Crippen LogP contribution in [0.2, 0.25) is 0 Å². The minimum absolute atomic E-state index is 0.0490. The van der Waals surface area contributed by atoms with E-state index in [0.717, 1.165) is 44.8 Å². The third-order valence-corrected chi connectivity index (χ3v) is 2.96. The number of hydrogen-bond donors (Lipinski definition) is 1. The summed E-state index contributed by atoms with van der Waals surface area (Å²) in [7, 11) is 0. The summed E-state index contributed by atoms with van der Waals surface area (Å²) in [5.41, 5.74) is -0.0490. The molecule has 0 saturated carbocycles.